The molecule has 2 saturated heterocycles. The molecule has 1 atom stereocenters. The van der Waals surface area contributed by atoms with E-state index in [0.29, 0.717) is 19.8 Å². The van der Waals surface area contributed by atoms with Crippen molar-refractivity contribution in [2.75, 3.05) is 50.8 Å². The van der Waals surface area contributed by atoms with Gasteiger partial charge in [-0.3, -0.25) is 9.69 Å². The van der Waals surface area contributed by atoms with Gasteiger partial charge < -0.3 is 19.7 Å². The van der Waals surface area contributed by atoms with Gasteiger partial charge in [-0.15, -0.1) is 0 Å². The summed E-state index contributed by atoms with van der Waals surface area (Å²) in [6, 6.07) is 4.61. The van der Waals surface area contributed by atoms with Gasteiger partial charge in [0.2, 0.25) is 0 Å². The number of anilines is 1. The monoisotopic (exact) mass is 497 g/mol. The summed E-state index contributed by atoms with van der Waals surface area (Å²) in [5.74, 6) is -1.44. The number of alkyl halides is 6. The van der Waals surface area contributed by atoms with E-state index in [1.165, 1.54) is 0 Å². The number of morpholine rings is 1. The van der Waals surface area contributed by atoms with Crippen molar-refractivity contribution in [3.63, 3.8) is 0 Å². The average molecular weight is 497 g/mol. The third-order valence-corrected chi connectivity index (χ3v) is 5.96. The van der Waals surface area contributed by atoms with Crippen LogP contribution in [-0.4, -0.2) is 81.3 Å². The molecule has 12 heteroatoms. The lowest BCUT2D eigenvalue weighted by atomic mass is 9.95. The van der Waals surface area contributed by atoms with Crippen LogP contribution in [0.2, 0.25) is 0 Å². The van der Waals surface area contributed by atoms with Crippen LogP contribution >= 0.6 is 0 Å². The van der Waals surface area contributed by atoms with Crippen LogP contribution in [0, 0.1) is 0 Å². The summed E-state index contributed by atoms with van der Waals surface area (Å²) in [5.41, 5.74) is 2.87. The molecule has 2 aliphatic heterocycles. The Kier molecular flexibility index (Phi) is 8.35. The number of nitrogens with zero attached hydrogens (tertiary/aromatic N) is 2. The van der Waals surface area contributed by atoms with Crippen molar-refractivity contribution in [1.82, 2.24) is 10.2 Å². The van der Waals surface area contributed by atoms with Crippen molar-refractivity contribution < 1.29 is 40.6 Å². The molecule has 0 aromatic heterocycles. The minimum Gasteiger partial charge on any atom is -0.442 e. The number of nitrogens with one attached hydrogen (secondary N) is 1. The molecule has 192 valence electrons. The van der Waals surface area contributed by atoms with Crippen molar-refractivity contribution in [3.8, 4) is 0 Å². The standard InChI is InChI=1S/C22H29F6N3O3/c1-14(2)17-11-16(30-7-9-33-10-8-30)4-3-15(17)13-31-6-5-29-12-18(31)19(32)34-20(21(23,24)25)22(26,27)28/h3-4,11,14,18,20,29H,5-10,12-13H2,1-2H3. The number of esters is 1. The first-order valence-corrected chi connectivity index (χ1v) is 11.1. The molecule has 0 bridgehead atoms. The van der Waals surface area contributed by atoms with E-state index in [2.05, 4.69) is 15.0 Å². The molecule has 2 fully saturated rings. The summed E-state index contributed by atoms with van der Waals surface area (Å²) in [7, 11) is 0. The van der Waals surface area contributed by atoms with E-state index in [0.717, 1.165) is 29.9 Å². The lowest BCUT2D eigenvalue weighted by molar-refractivity contribution is -0.314. The van der Waals surface area contributed by atoms with Gasteiger partial charge in [0.1, 0.15) is 6.04 Å². The largest absolute Gasteiger partial charge is 0.442 e. The third kappa shape index (κ3) is 6.54. The number of hydrogen-bond acceptors (Lipinski definition) is 6. The summed E-state index contributed by atoms with van der Waals surface area (Å²) in [6.07, 6.45) is -15.7. The maximum atomic E-state index is 12.9. The van der Waals surface area contributed by atoms with E-state index < -0.39 is 30.5 Å². The van der Waals surface area contributed by atoms with Crippen LogP contribution in [0.4, 0.5) is 32.0 Å². The van der Waals surface area contributed by atoms with Gasteiger partial charge in [-0.2, -0.15) is 26.3 Å². The minimum atomic E-state index is -5.75. The van der Waals surface area contributed by atoms with E-state index in [4.69, 9.17) is 4.74 Å². The highest BCUT2D eigenvalue weighted by molar-refractivity contribution is 5.76. The molecule has 1 N–H and O–H groups in total. The number of hydrogen-bond donors (Lipinski definition) is 1. The van der Waals surface area contributed by atoms with Crippen LogP contribution in [0.3, 0.4) is 0 Å². The first kappa shape index (κ1) is 26.6. The molecule has 3 rings (SSSR count). The second-order valence-electron chi connectivity index (χ2n) is 8.73. The fourth-order valence-corrected chi connectivity index (χ4v) is 4.18. The quantitative estimate of drug-likeness (QED) is 0.480. The number of rotatable bonds is 6. The molecule has 1 aromatic rings. The zero-order valence-electron chi connectivity index (χ0n) is 19.0. The summed E-state index contributed by atoms with van der Waals surface area (Å²) in [6.45, 7) is 7.56. The van der Waals surface area contributed by atoms with Crippen LogP contribution in [0.15, 0.2) is 18.2 Å². The van der Waals surface area contributed by atoms with E-state index in [1.54, 1.807) is 4.90 Å². The van der Waals surface area contributed by atoms with E-state index in [9.17, 15) is 31.1 Å². The molecule has 1 aromatic carbocycles. The Morgan fingerprint density at radius 1 is 1.12 bits per heavy atom. The molecule has 2 heterocycles. The first-order valence-electron chi connectivity index (χ1n) is 11.1. The molecule has 6 nitrogen and oxygen atoms in total. The van der Waals surface area contributed by atoms with Gasteiger partial charge in [-0.25, -0.2) is 0 Å². The minimum absolute atomic E-state index is 0.107. The topological polar surface area (TPSA) is 54.0 Å². The molecule has 34 heavy (non-hydrogen) atoms. The number of piperazine rings is 1. The van der Waals surface area contributed by atoms with Crippen molar-refractivity contribution in [1.29, 1.82) is 0 Å². The van der Waals surface area contributed by atoms with Crippen LogP contribution < -0.4 is 10.2 Å². The lowest BCUT2D eigenvalue weighted by Gasteiger charge is -2.36. The van der Waals surface area contributed by atoms with Crippen molar-refractivity contribution in [2.24, 2.45) is 0 Å². The fourth-order valence-electron chi connectivity index (χ4n) is 4.18. The SMILES string of the molecule is CC(C)c1cc(N2CCOCC2)ccc1CN1CCNCC1C(=O)OC(C(F)(F)F)C(F)(F)F. The zero-order valence-corrected chi connectivity index (χ0v) is 19.0. The predicted octanol–water partition coefficient (Wildman–Crippen LogP) is 3.46. The van der Waals surface area contributed by atoms with Crippen molar-refractivity contribution in [2.45, 2.75) is 50.8 Å². The Balaban J connectivity index is 1.79. The first-order chi connectivity index (χ1) is 15.9. The van der Waals surface area contributed by atoms with Gasteiger partial charge >= 0.3 is 18.3 Å². The number of carbonyl (C=O) groups excluding carboxylic acids is 1. The summed E-state index contributed by atoms with van der Waals surface area (Å²) in [4.78, 5) is 16.2. The molecule has 0 spiro atoms. The summed E-state index contributed by atoms with van der Waals surface area (Å²) in [5, 5.41) is 2.85. The Morgan fingerprint density at radius 3 is 2.35 bits per heavy atom. The van der Waals surface area contributed by atoms with Crippen LogP contribution in [0.1, 0.15) is 30.9 Å². The molecule has 1 unspecified atom stereocenters. The summed E-state index contributed by atoms with van der Waals surface area (Å²) >= 11 is 0. The molecule has 2 aliphatic rings. The van der Waals surface area contributed by atoms with E-state index in [-0.39, 0.29) is 25.6 Å². The second kappa shape index (κ2) is 10.7. The average Bonchev–Trinajstić information content (AvgIpc) is 2.77. The molecular formula is C22H29F6N3O3. The van der Waals surface area contributed by atoms with Gasteiger partial charge in [0, 0.05) is 45.0 Å². The van der Waals surface area contributed by atoms with Crippen LogP contribution in [-0.2, 0) is 20.8 Å². The maximum absolute atomic E-state index is 12.9. The molecule has 0 amide bonds. The van der Waals surface area contributed by atoms with E-state index >= 15 is 0 Å². The molecule has 0 radical (unpaired) electrons. The maximum Gasteiger partial charge on any atom is 0.434 e. The molecule has 0 saturated carbocycles. The third-order valence-electron chi connectivity index (χ3n) is 5.96. The highest BCUT2D eigenvalue weighted by Crippen LogP contribution is 2.36. The van der Waals surface area contributed by atoms with E-state index in [1.807, 2.05) is 32.0 Å². The van der Waals surface area contributed by atoms with Crippen LogP contribution in [0.5, 0.6) is 0 Å². The number of carbonyl (C=O) groups is 1. The summed E-state index contributed by atoms with van der Waals surface area (Å²) < 4.78 is 86.7. The lowest BCUT2D eigenvalue weighted by Crippen LogP contribution is -2.57. The Bertz CT molecular complexity index is 826. The van der Waals surface area contributed by atoms with Crippen molar-refractivity contribution in [3.05, 3.63) is 29.3 Å². The Hall–Kier alpha value is -2.05. The Morgan fingerprint density at radius 2 is 1.76 bits per heavy atom. The Labute approximate surface area is 194 Å². The number of benzene rings is 1. The van der Waals surface area contributed by atoms with Gasteiger partial charge in [0.15, 0.2) is 0 Å². The second-order valence-corrected chi connectivity index (χ2v) is 8.73. The highest BCUT2D eigenvalue weighted by Gasteiger charge is 2.60. The molecular weight excluding hydrogens is 468 g/mol. The highest BCUT2D eigenvalue weighted by atomic mass is 19.4. The van der Waals surface area contributed by atoms with Gasteiger partial charge in [-0.05, 0) is 29.2 Å². The molecule has 0 aliphatic carbocycles. The predicted molar refractivity (Wildman–Crippen MR) is 113 cm³/mol. The van der Waals surface area contributed by atoms with Gasteiger partial charge in [0.25, 0.3) is 6.10 Å². The van der Waals surface area contributed by atoms with Gasteiger partial charge in [0.05, 0.1) is 13.2 Å². The number of ether oxygens (including phenoxy) is 2. The fraction of sp³-hybridized carbons (Fsp3) is 0.682. The smallest absolute Gasteiger partial charge is 0.434 e. The van der Waals surface area contributed by atoms with Crippen LogP contribution in [0.25, 0.3) is 0 Å². The van der Waals surface area contributed by atoms with Crippen molar-refractivity contribution >= 4 is 11.7 Å². The zero-order chi connectivity index (χ0) is 25.1. The van der Waals surface area contributed by atoms with Gasteiger partial charge in [-0.1, -0.05) is 19.9 Å². The number of halogens is 6. The normalized spacial score (nSPS) is 20.8.